The van der Waals surface area contributed by atoms with E-state index in [0.29, 0.717) is 18.5 Å². The first-order valence-corrected chi connectivity index (χ1v) is 7.90. The molecule has 1 atom stereocenters. The van der Waals surface area contributed by atoms with Crippen molar-refractivity contribution in [2.75, 3.05) is 19.7 Å². The fraction of sp³-hybridized carbons (Fsp3) is 0.647. The zero-order valence-corrected chi connectivity index (χ0v) is 12.6. The minimum atomic E-state index is 0.357. The Balaban J connectivity index is 1.84. The number of benzene rings is 1. The molecule has 0 saturated heterocycles. The van der Waals surface area contributed by atoms with Crippen LogP contribution in [0.1, 0.15) is 43.9 Å². The maximum atomic E-state index is 6.12. The third-order valence-corrected chi connectivity index (χ3v) is 4.31. The molecule has 3 rings (SSSR count). The second-order valence-corrected chi connectivity index (χ2v) is 6.54. The Morgan fingerprint density at radius 2 is 2.15 bits per heavy atom. The van der Waals surface area contributed by atoms with Gasteiger partial charge < -0.3 is 10.5 Å². The minimum absolute atomic E-state index is 0.357. The fourth-order valence-electron chi connectivity index (χ4n) is 3.24. The molecule has 3 nitrogen and oxygen atoms in total. The van der Waals surface area contributed by atoms with Gasteiger partial charge in [0.25, 0.3) is 0 Å². The van der Waals surface area contributed by atoms with Gasteiger partial charge in [-0.1, -0.05) is 26.0 Å². The van der Waals surface area contributed by atoms with Crippen LogP contribution in [-0.2, 0) is 6.42 Å². The number of fused-ring (bicyclic) bond motifs is 1. The summed E-state index contributed by atoms with van der Waals surface area (Å²) >= 11 is 0. The van der Waals surface area contributed by atoms with E-state index in [1.54, 1.807) is 0 Å². The van der Waals surface area contributed by atoms with Crippen LogP contribution in [0.5, 0.6) is 5.75 Å². The van der Waals surface area contributed by atoms with Crippen LogP contribution in [-0.4, -0.2) is 30.6 Å². The molecule has 1 aromatic carbocycles. The number of nitrogens with two attached hydrogens (primary N) is 1. The molecular formula is C17H26N2O. The van der Waals surface area contributed by atoms with Gasteiger partial charge in [-0.15, -0.1) is 0 Å². The number of rotatable bonds is 6. The Morgan fingerprint density at radius 1 is 1.35 bits per heavy atom. The van der Waals surface area contributed by atoms with Crippen LogP contribution in [0.3, 0.4) is 0 Å². The van der Waals surface area contributed by atoms with E-state index in [-0.39, 0.29) is 0 Å². The van der Waals surface area contributed by atoms with Gasteiger partial charge in [-0.25, -0.2) is 0 Å². The molecule has 0 bridgehead atoms. The molecule has 1 saturated carbocycles. The summed E-state index contributed by atoms with van der Waals surface area (Å²) in [6, 6.07) is 7.75. The molecular weight excluding hydrogens is 248 g/mol. The molecule has 0 amide bonds. The number of nitrogens with zero attached hydrogens (tertiary/aromatic N) is 1. The highest BCUT2D eigenvalue weighted by atomic mass is 16.5. The summed E-state index contributed by atoms with van der Waals surface area (Å²) in [5.41, 5.74) is 8.83. The Kier molecular flexibility index (Phi) is 3.99. The van der Waals surface area contributed by atoms with Crippen molar-refractivity contribution >= 4 is 0 Å². The van der Waals surface area contributed by atoms with E-state index < -0.39 is 0 Å². The maximum Gasteiger partial charge on any atom is 0.122 e. The van der Waals surface area contributed by atoms with E-state index in [9.17, 15) is 0 Å². The predicted octanol–water partition coefficient (Wildman–Crippen LogP) is 2.74. The lowest BCUT2D eigenvalue weighted by molar-refractivity contribution is 0.169. The summed E-state index contributed by atoms with van der Waals surface area (Å²) in [4.78, 5) is 2.63. The Hall–Kier alpha value is -1.06. The first-order chi connectivity index (χ1) is 9.69. The molecule has 1 aliphatic carbocycles. The van der Waals surface area contributed by atoms with E-state index in [1.807, 2.05) is 0 Å². The lowest BCUT2D eigenvalue weighted by Crippen LogP contribution is -2.38. The largest absolute Gasteiger partial charge is 0.493 e. The van der Waals surface area contributed by atoms with E-state index in [4.69, 9.17) is 10.5 Å². The molecule has 1 unspecified atom stereocenters. The topological polar surface area (TPSA) is 38.5 Å². The summed E-state index contributed by atoms with van der Waals surface area (Å²) in [5, 5.41) is 0. The number of hydrogen-bond donors (Lipinski definition) is 1. The Morgan fingerprint density at radius 3 is 2.80 bits per heavy atom. The fourth-order valence-corrected chi connectivity index (χ4v) is 3.24. The summed E-state index contributed by atoms with van der Waals surface area (Å²) in [6.45, 7) is 7.24. The molecule has 1 aromatic rings. The van der Waals surface area contributed by atoms with Gasteiger partial charge in [-0.05, 0) is 36.0 Å². The van der Waals surface area contributed by atoms with Crippen molar-refractivity contribution in [2.45, 2.75) is 45.2 Å². The molecule has 0 radical (unpaired) electrons. The third kappa shape index (κ3) is 2.84. The summed E-state index contributed by atoms with van der Waals surface area (Å²) in [6.07, 6.45) is 3.70. The zero-order chi connectivity index (χ0) is 14.1. The molecule has 2 N–H and O–H groups in total. The average molecular weight is 274 g/mol. The van der Waals surface area contributed by atoms with Crippen molar-refractivity contribution in [3.8, 4) is 5.75 Å². The quantitative estimate of drug-likeness (QED) is 0.867. The van der Waals surface area contributed by atoms with Crippen LogP contribution < -0.4 is 10.5 Å². The zero-order valence-electron chi connectivity index (χ0n) is 12.6. The van der Waals surface area contributed by atoms with Gasteiger partial charge in [-0.3, -0.25) is 4.90 Å². The molecule has 1 aliphatic heterocycles. The number of hydrogen-bond acceptors (Lipinski definition) is 3. The van der Waals surface area contributed by atoms with E-state index >= 15 is 0 Å². The molecule has 0 spiro atoms. The normalized spacial score (nSPS) is 19.2. The highest BCUT2D eigenvalue weighted by Crippen LogP contribution is 2.36. The maximum absolute atomic E-state index is 6.12. The lowest BCUT2D eigenvalue weighted by Gasteiger charge is -2.33. The van der Waals surface area contributed by atoms with Crippen molar-refractivity contribution < 1.29 is 4.74 Å². The molecule has 20 heavy (non-hydrogen) atoms. The van der Waals surface area contributed by atoms with Crippen LogP contribution in [0, 0.1) is 5.92 Å². The van der Waals surface area contributed by atoms with Gasteiger partial charge in [-0.2, -0.15) is 0 Å². The van der Waals surface area contributed by atoms with Gasteiger partial charge in [0.2, 0.25) is 0 Å². The van der Waals surface area contributed by atoms with Crippen LogP contribution in [0.4, 0.5) is 0 Å². The van der Waals surface area contributed by atoms with Crippen molar-refractivity contribution in [3.05, 3.63) is 29.3 Å². The standard InChI is InChI=1S/C17H26N2O/c1-12(2)11-19(15-4-5-15)16(10-18)13-3-6-17-14(9-13)7-8-20-17/h3,6,9,12,15-16H,4-5,7-8,10-11,18H2,1-2H3. The lowest BCUT2D eigenvalue weighted by atomic mass is 10.00. The average Bonchev–Trinajstić information content (AvgIpc) is 3.16. The molecule has 2 aliphatic rings. The van der Waals surface area contributed by atoms with Crippen molar-refractivity contribution in [1.29, 1.82) is 0 Å². The predicted molar refractivity (Wildman–Crippen MR) is 82.0 cm³/mol. The van der Waals surface area contributed by atoms with E-state index in [2.05, 4.69) is 36.9 Å². The highest BCUT2D eigenvalue weighted by Gasteiger charge is 2.34. The summed E-state index contributed by atoms with van der Waals surface area (Å²) in [5.74, 6) is 1.74. The van der Waals surface area contributed by atoms with Gasteiger partial charge >= 0.3 is 0 Å². The third-order valence-electron chi connectivity index (χ3n) is 4.31. The first-order valence-electron chi connectivity index (χ1n) is 7.90. The number of ether oxygens (including phenoxy) is 1. The van der Waals surface area contributed by atoms with Gasteiger partial charge in [0.1, 0.15) is 5.75 Å². The van der Waals surface area contributed by atoms with Crippen LogP contribution in [0.25, 0.3) is 0 Å². The van der Waals surface area contributed by atoms with Gasteiger partial charge in [0.05, 0.1) is 6.61 Å². The molecule has 0 aromatic heterocycles. The second kappa shape index (κ2) is 5.74. The van der Waals surface area contributed by atoms with Crippen LogP contribution in [0.2, 0.25) is 0 Å². The van der Waals surface area contributed by atoms with Gasteiger partial charge in [0.15, 0.2) is 0 Å². The van der Waals surface area contributed by atoms with Crippen LogP contribution >= 0.6 is 0 Å². The van der Waals surface area contributed by atoms with E-state index in [0.717, 1.165) is 31.4 Å². The van der Waals surface area contributed by atoms with Gasteiger partial charge in [0, 0.05) is 31.6 Å². The molecule has 1 fully saturated rings. The van der Waals surface area contributed by atoms with E-state index in [1.165, 1.54) is 24.0 Å². The Labute approximate surface area is 122 Å². The molecule has 1 heterocycles. The van der Waals surface area contributed by atoms with Crippen molar-refractivity contribution in [1.82, 2.24) is 4.90 Å². The van der Waals surface area contributed by atoms with Crippen LogP contribution in [0.15, 0.2) is 18.2 Å². The Bertz CT molecular complexity index is 468. The van der Waals surface area contributed by atoms with Crippen molar-refractivity contribution in [2.24, 2.45) is 11.7 Å². The minimum Gasteiger partial charge on any atom is -0.493 e. The smallest absolute Gasteiger partial charge is 0.122 e. The molecule has 3 heteroatoms. The molecule has 110 valence electrons. The summed E-state index contributed by atoms with van der Waals surface area (Å²) < 4.78 is 5.61. The monoisotopic (exact) mass is 274 g/mol. The first kappa shape index (κ1) is 13.9. The SMILES string of the molecule is CC(C)CN(C1CC1)C(CN)c1ccc2c(c1)CCO2. The second-order valence-electron chi connectivity index (χ2n) is 6.54. The summed E-state index contributed by atoms with van der Waals surface area (Å²) in [7, 11) is 0. The highest BCUT2D eigenvalue weighted by molar-refractivity contribution is 5.41. The van der Waals surface area contributed by atoms with Crippen molar-refractivity contribution in [3.63, 3.8) is 0 Å².